The average molecular weight is 593 g/mol. The predicted molar refractivity (Wildman–Crippen MR) is 171 cm³/mol. The maximum absolute atomic E-state index is 11.6. The van der Waals surface area contributed by atoms with Crippen LogP contribution in [0.2, 0.25) is 5.04 Å². The first-order valence-electron chi connectivity index (χ1n) is 14.9. The number of methoxy groups -OCH3 is 1. The van der Waals surface area contributed by atoms with E-state index in [1.165, 1.54) is 10.4 Å². The van der Waals surface area contributed by atoms with Gasteiger partial charge in [-0.2, -0.15) is 0 Å². The lowest BCUT2D eigenvalue weighted by Crippen LogP contribution is -2.67. The zero-order valence-electron chi connectivity index (χ0n) is 26.0. The number of ether oxygens (including phenoxy) is 2. The van der Waals surface area contributed by atoms with Gasteiger partial charge in [0.15, 0.2) is 0 Å². The monoisotopic (exact) mass is 592 g/mol. The Morgan fingerprint density at radius 2 is 1.38 bits per heavy atom. The SMILES string of the molecule is COc1ccc(CO[C@@H](CC(=O)O)[C@@H](C)CC[C@@H](O)[C@H](C)CO[Si](c2ccccc2)(c2ccccc2)C(C)(C)C)cc1. The van der Waals surface area contributed by atoms with Gasteiger partial charge < -0.3 is 24.1 Å². The van der Waals surface area contributed by atoms with E-state index >= 15 is 0 Å². The molecule has 3 aromatic rings. The van der Waals surface area contributed by atoms with Crippen molar-refractivity contribution in [2.75, 3.05) is 13.7 Å². The molecule has 2 N–H and O–H groups in total. The van der Waals surface area contributed by atoms with Crippen LogP contribution in [0.5, 0.6) is 5.75 Å². The van der Waals surface area contributed by atoms with Crippen LogP contribution in [0.3, 0.4) is 0 Å². The van der Waals surface area contributed by atoms with Crippen molar-refractivity contribution in [3.8, 4) is 5.75 Å². The van der Waals surface area contributed by atoms with Crippen molar-refractivity contribution in [2.24, 2.45) is 11.8 Å². The summed E-state index contributed by atoms with van der Waals surface area (Å²) in [7, 11) is -1.07. The van der Waals surface area contributed by atoms with Crippen LogP contribution in [0.25, 0.3) is 0 Å². The standard InChI is InChI=1S/C35H48O6Si/c1-26(33(23-34(37)38)40-25-28-18-20-29(39-6)21-19-28)17-22-32(36)27(2)24-41-42(35(3,4)5,30-13-9-7-10-14-30)31-15-11-8-12-16-31/h7-16,18-21,26-27,32-33,36H,17,22-25H2,1-6H3,(H,37,38)/t26-,27+,32+,33-/m0/s1. The molecule has 3 aromatic carbocycles. The maximum Gasteiger partial charge on any atom is 0.305 e. The van der Waals surface area contributed by atoms with Gasteiger partial charge in [-0.15, -0.1) is 0 Å². The highest BCUT2D eigenvalue weighted by Crippen LogP contribution is 2.37. The van der Waals surface area contributed by atoms with E-state index in [0.717, 1.165) is 11.3 Å². The van der Waals surface area contributed by atoms with E-state index in [0.29, 0.717) is 26.1 Å². The second kappa shape index (κ2) is 15.5. The highest BCUT2D eigenvalue weighted by Gasteiger charge is 2.50. The molecule has 6 nitrogen and oxygen atoms in total. The van der Waals surface area contributed by atoms with Crippen molar-refractivity contribution in [3.63, 3.8) is 0 Å². The van der Waals surface area contributed by atoms with Crippen LogP contribution < -0.4 is 15.1 Å². The number of carbonyl (C=O) groups is 1. The van der Waals surface area contributed by atoms with Crippen LogP contribution in [0.4, 0.5) is 0 Å². The molecule has 0 aliphatic carbocycles. The first-order chi connectivity index (χ1) is 20.0. The van der Waals surface area contributed by atoms with Gasteiger partial charge in [0.05, 0.1) is 32.3 Å². The van der Waals surface area contributed by atoms with Gasteiger partial charge in [-0.3, -0.25) is 4.79 Å². The van der Waals surface area contributed by atoms with Crippen LogP contribution in [0.1, 0.15) is 59.4 Å². The Kier molecular flexibility index (Phi) is 12.4. The third-order valence-electron chi connectivity index (χ3n) is 8.19. The lowest BCUT2D eigenvalue weighted by Gasteiger charge is -2.43. The molecule has 7 heteroatoms. The van der Waals surface area contributed by atoms with Gasteiger partial charge in [0.2, 0.25) is 0 Å². The van der Waals surface area contributed by atoms with Gasteiger partial charge >= 0.3 is 5.97 Å². The number of carboxylic acid groups (broad SMARTS) is 1. The van der Waals surface area contributed by atoms with Gasteiger partial charge in [0.25, 0.3) is 8.32 Å². The predicted octanol–water partition coefficient (Wildman–Crippen LogP) is 6.05. The minimum atomic E-state index is -2.69. The third kappa shape index (κ3) is 8.77. The highest BCUT2D eigenvalue weighted by molar-refractivity contribution is 6.99. The Bertz CT molecular complexity index is 1170. The van der Waals surface area contributed by atoms with Crippen molar-refractivity contribution in [2.45, 2.75) is 77.7 Å². The fourth-order valence-electron chi connectivity index (χ4n) is 5.55. The topological polar surface area (TPSA) is 85.2 Å². The Hall–Kier alpha value is -2.97. The maximum atomic E-state index is 11.6. The molecular formula is C35H48O6Si. The summed E-state index contributed by atoms with van der Waals surface area (Å²) >= 11 is 0. The summed E-state index contributed by atoms with van der Waals surface area (Å²) in [6.07, 6.45) is 0.0536. The summed E-state index contributed by atoms with van der Waals surface area (Å²) < 4.78 is 18.3. The van der Waals surface area contributed by atoms with E-state index in [-0.39, 0.29) is 23.3 Å². The Morgan fingerprint density at radius 1 is 0.833 bits per heavy atom. The van der Waals surface area contributed by atoms with Gasteiger partial charge in [-0.1, -0.05) is 107 Å². The summed E-state index contributed by atoms with van der Waals surface area (Å²) in [6.45, 7) is 11.5. The fourth-order valence-corrected chi connectivity index (χ4v) is 10.2. The number of benzene rings is 3. The molecule has 3 rings (SSSR count). The number of aliphatic hydroxyl groups excluding tert-OH is 1. The van der Waals surface area contributed by atoms with E-state index in [9.17, 15) is 15.0 Å². The lowest BCUT2D eigenvalue weighted by molar-refractivity contribution is -0.141. The fraction of sp³-hybridized carbons (Fsp3) is 0.457. The van der Waals surface area contributed by atoms with Crippen LogP contribution in [0.15, 0.2) is 84.9 Å². The Balaban J connectivity index is 1.66. The van der Waals surface area contributed by atoms with E-state index in [1.807, 2.05) is 50.2 Å². The number of carboxylic acids is 1. The highest BCUT2D eigenvalue weighted by atomic mass is 28.4. The van der Waals surface area contributed by atoms with Gasteiger partial charge in [-0.25, -0.2) is 0 Å². The average Bonchev–Trinajstić information content (AvgIpc) is 2.98. The smallest absolute Gasteiger partial charge is 0.305 e. The molecule has 0 unspecified atom stereocenters. The molecule has 42 heavy (non-hydrogen) atoms. The summed E-state index contributed by atoms with van der Waals surface area (Å²) in [5.74, 6) is -0.277. The molecule has 0 saturated carbocycles. The molecule has 0 radical (unpaired) electrons. The summed E-state index contributed by atoms with van der Waals surface area (Å²) in [4.78, 5) is 11.6. The van der Waals surface area contributed by atoms with Crippen molar-refractivity contribution < 1.29 is 28.9 Å². The quantitative estimate of drug-likeness (QED) is 0.197. The van der Waals surface area contributed by atoms with Crippen LogP contribution >= 0.6 is 0 Å². The van der Waals surface area contributed by atoms with Gasteiger partial charge in [0, 0.05) is 12.5 Å². The third-order valence-corrected chi connectivity index (χ3v) is 13.2. The normalized spacial score (nSPS) is 15.0. The molecule has 0 bridgehead atoms. The summed E-state index contributed by atoms with van der Waals surface area (Å²) in [5.41, 5.74) is 0.951. The molecule has 0 fully saturated rings. The minimum absolute atomic E-state index is 0.0428. The van der Waals surface area contributed by atoms with E-state index < -0.39 is 26.5 Å². The molecule has 0 saturated heterocycles. The number of rotatable bonds is 16. The van der Waals surface area contributed by atoms with Gasteiger partial charge in [-0.05, 0) is 51.9 Å². The second-order valence-electron chi connectivity index (χ2n) is 12.4. The molecule has 0 aliphatic rings. The molecule has 0 heterocycles. The minimum Gasteiger partial charge on any atom is -0.497 e. The van der Waals surface area contributed by atoms with E-state index in [4.69, 9.17) is 13.9 Å². The van der Waals surface area contributed by atoms with Gasteiger partial charge in [0.1, 0.15) is 5.75 Å². The zero-order chi connectivity index (χ0) is 30.8. The Morgan fingerprint density at radius 3 is 1.86 bits per heavy atom. The molecule has 4 atom stereocenters. The summed E-state index contributed by atoms with van der Waals surface area (Å²) in [6, 6.07) is 28.6. The van der Waals surface area contributed by atoms with Crippen molar-refractivity contribution in [3.05, 3.63) is 90.5 Å². The van der Waals surface area contributed by atoms with E-state index in [2.05, 4.69) is 69.3 Å². The number of hydrogen-bond donors (Lipinski definition) is 2. The molecular weight excluding hydrogens is 544 g/mol. The molecule has 0 aliphatic heterocycles. The zero-order valence-corrected chi connectivity index (χ0v) is 27.0. The Labute approximate surface area is 252 Å². The number of aliphatic carboxylic acids is 1. The van der Waals surface area contributed by atoms with Crippen LogP contribution in [0, 0.1) is 11.8 Å². The molecule has 0 amide bonds. The lowest BCUT2D eigenvalue weighted by atomic mass is 9.92. The second-order valence-corrected chi connectivity index (χ2v) is 16.7. The summed E-state index contributed by atoms with van der Waals surface area (Å²) in [5, 5.41) is 23.0. The van der Waals surface area contributed by atoms with Crippen molar-refractivity contribution in [1.29, 1.82) is 0 Å². The van der Waals surface area contributed by atoms with Crippen LogP contribution in [-0.4, -0.2) is 50.4 Å². The molecule has 0 aromatic heterocycles. The first-order valence-corrected chi connectivity index (χ1v) is 16.8. The first kappa shape index (κ1) is 33.5. The van der Waals surface area contributed by atoms with E-state index in [1.54, 1.807) is 7.11 Å². The van der Waals surface area contributed by atoms with Crippen LogP contribution in [-0.2, 0) is 20.6 Å². The molecule has 0 spiro atoms. The number of hydrogen-bond acceptors (Lipinski definition) is 5. The van der Waals surface area contributed by atoms with Crippen molar-refractivity contribution in [1.82, 2.24) is 0 Å². The molecule has 228 valence electrons. The largest absolute Gasteiger partial charge is 0.497 e. The number of aliphatic hydroxyl groups is 1. The van der Waals surface area contributed by atoms with Crippen molar-refractivity contribution >= 4 is 24.7 Å².